The van der Waals surface area contributed by atoms with Gasteiger partial charge in [-0.3, -0.25) is 19.1 Å². The number of nitrogen functional groups attached to an aromatic ring is 1. The van der Waals surface area contributed by atoms with Gasteiger partial charge in [0.25, 0.3) is 5.56 Å². The Balaban J connectivity index is 1.96. The first-order chi connectivity index (χ1) is 11.4. The number of nitrogens with zero attached hydrogens (tertiary/aromatic N) is 1. The van der Waals surface area contributed by atoms with Crippen LogP contribution in [0.5, 0.6) is 5.75 Å². The van der Waals surface area contributed by atoms with Crippen molar-refractivity contribution in [2.75, 3.05) is 18.9 Å². The monoisotopic (exact) mass is 333 g/mol. The first kappa shape index (κ1) is 17.0. The molecule has 1 aromatic carbocycles. The average Bonchev–Trinajstić information content (AvgIpc) is 2.57. The highest BCUT2D eigenvalue weighted by Gasteiger charge is 2.19. The normalized spacial score (nSPS) is 10.2. The van der Waals surface area contributed by atoms with Crippen LogP contribution in [0.1, 0.15) is 10.4 Å². The summed E-state index contributed by atoms with van der Waals surface area (Å²) in [7, 11) is 1.30. The van der Waals surface area contributed by atoms with Crippen LogP contribution < -0.4 is 21.7 Å². The third kappa shape index (κ3) is 3.88. The number of anilines is 1. The van der Waals surface area contributed by atoms with Gasteiger partial charge in [0.05, 0.1) is 0 Å². The Hall–Kier alpha value is -3.36. The fourth-order valence-electron chi connectivity index (χ4n) is 1.83. The van der Waals surface area contributed by atoms with Crippen molar-refractivity contribution in [2.45, 2.75) is 0 Å². The molecule has 2 aromatic rings. The van der Waals surface area contributed by atoms with Crippen LogP contribution in [0.15, 0.2) is 39.9 Å². The maximum absolute atomic E-state index is 12.0. The van der Waals surface area contributed by atoms with Gasteiger partial charge in [-0.15, -0.1) is 0 Å². The van der Waals surface area contributed by atoms with Crippen molar-refractivity contribution in [1.29, 1.82) is 0 Å². The fourth-order valence-corrected chi connectivity index (χ4v) is 1.83. The molecule has 0 atom stereocenters. The van der Waals surface area contributed by atoms with E-state index in [0.29, 0.717) is 5.75 Å². The van der Waals surface area contributed by atoms with Gasteiger partial charge >= 0.3 is 11.7 Å². The lowest BCUT2D eigenvalue weighted by atomic mass is 10.2. The molecule has 126 valence electrons. The van der Waals surface area contributed by atoms with Crippen LogP contribution in [-0.2, 0) is 16.6 Å². The Kier molecular flexibility index (Phi) is 5.15. The standard InChI is InChI=1S/C15H15N3O6/c1-18-13(16)12(14(21)17-15(18)22)10(19)7-24-11(20)8-23-9-5-3-2-4-6-9/h2-6H,7-8,16H2,1H3,(H,17,21,22). The number of para-hydroxylation sites is 1. The van der Waals surface area contributed by atoms with E-state index < -0.39 is 41.8 Å². The predicted octanol–water partition coefficient (Wildman–Crippen LogP) is -0.539. The molecule has 0 aliphatic carbocycles. The van der Waals surface area contributed by atoms with Crippen molar-refractivity contribution in [3.63, 3.8) is 0 Å². The minimum atomic E-state index is -0.933. The van der Waals surface area contributed by atoms with Gasteiger partial charge in [0.1, 0.15) is 17.1 Å². The molecular weight excluding hydrogens is 318 g/mol. The van der Waals surface area contributed by atoms with Gasteiger partial charge in [-0.05, 0) is 12.1 Å². The first-order valence-electron chi connectivity index (χ1n) is 6.85. The summed E-state index contributed by atoms with van der Waals surface area (Å²) in [5.41, 5.74) is 3.47. The van der Waals surface area contributed by atoms with E-state index in [1.54, 1.807) is 30.3 Å². The lowest BCUT2D eigenvalue weighted by molar-refractivity contribution is -0.144. The molecule has 2 rings (SSSR count). The third-order valence-corrected chi connectivity index (χ3v) is 3.11. The van der Waals surface area contributed by atoms with Gasteiger partial charge in [-0.25, -0.2) is 9.59 Å². The van der Waals surface area contributed by atoms with Crippen molar-refractivity contribution in [1.82, 2.24) is 9.55 Å². The molecule has 0 saturated heterocycles. The molecule has 0 aliphatic heterocycles. The van der Waals surface area contributed by atoms with E-state index in [-0.39, 0.29) is 5.82 Å². The number of aromatic amines is 1. The van der Waals surface area contributed by atoms with E-state index in [9.17, 15) is 19.2 Å². The molecule has 9 heteroatoms. The van der Waals surface area contributed by atoms with Crippen LogP contribution in [0.4, 0.5) is 5.82 Å². The average molecular weight is 333 g/mol. The molecule has 1 heterocycles. The molecule has 3 N–H and O–H groups in total. The number of hydrogen-bond acceptors (Lipinski definition) is 7. The topological polar surface area (TPSA) is 133 Å². The lowest BCUT2D eigenvalue weighted by Gasteiger charge is -2.09. The Morgan fingerprint density at radius 1 is 1.17 bits per heavy atom. The number of carbonyl (C=O) groups excluding carboxylic acids is 2. The summed E-state index contributed by atoms with van der Waals surface area (Å²) in [4.78, 5) is 48.5. The van der Waals surface area contributed by atoms with Crippen LogP contribution in [0, 0.1) is 0 Å². The molecule has 0 radical (unpaired) electrons. The minimum Gasteiger partial charge on any atom is -0.482 e. The predicted molar refractivity (Wildman–Crippen MR) is 83.9 cm³/mol. The number of ether oxygens (including phenoxy) is 2. The number of carbonyl (C=O) groups is 2. The van der Waals surface area contributed by atoms with E-state index in [1.807, 2.05) is 4.98 Å². The number of H-pyrrole nitrogens is 1. The minimum absolute atomic E-state index is 0.301. The molecule has 24 heavy (non-hydrogen) atoms. The Morgan fingerprint density at radius 3 is 2.50 bits per heavy atom. The van der Waals surface area contributed by atoms with Crippen molar-refractivity contribution in [3.8, 4) is 5.75 Å². The first-order valence-corrected chi connectivity index (χ1v) is 6.85. The lowest BCUT2D eigenvalue weighted by Crippen LogP contribution is -2.36. The van der Waals surface area contributed by atoms with Crippen LogP contribution in [0.25, 0.3) is 0 Å². The summed E-state index contributed by atoms with van der Waals surface area (Å²) in [5.74, 6) is -1.44. The second-order valence-electron chi connectivity index (χ2n) is 4.76. The number of esters is 1. The van der Waals surface area contributed by atoms with Crippen molar-refractivity contribution >= 4 is 17.6 Å². The highest BCUT2D eigenvalue weighted by molar-refractivity contribution is 6.01. The number of hydrogen-bond donors (Lipinski definition) is 2. The van der Waals surface area contributed by atoms with Crippen LogP contribution in [0.3, 0.4) is 0 Å². The largest absolute Gasteiger partial charge is 0.482 e. The van der Waals surface area contributed by atoms with Gasteiger partial charge in [-0.2, -0.15) is 0 Å². The Bertz CT molecular complexity index is 869. The van der Waals surface area contributed by atoms with E-state index in [2.05, 4.69) is 0 Å². The Morgan fingerprint density at radius 2 is 1.83 bits per heavy atom. The summed E-state index contributed by atoms with van der Waals surface area (Å²) < 4.78 is 10.8. The van der Waals surface area contributed by atoms with Crippen LogP contribution in [0.2, 0.25) is 0 Å². The van der Waals surface area contributed by atoms with E-state index in [1.165, 1.54) is 7.05 Å². The number of ketones is 1. The molecular formula is C15H15N3O6. The van der Waals surface area contributed by atoms with Gasteiger partial charge < -0.3 is 15.2 Å². The smallest absolute Gasteiger partial charge is 0.344 e. The maximum Gasteiger partial charge on any atom is 0.344 e. The zero-order valence-corrected chi connectivity index (χ0v) is 12.8. The molecule has 0 amide bonds. The molecule has 0 bridgehead atoms. The molecule has 0 unspecified atom stereocenters. The fraction of sp³-hybridized carbons (Fsp3) is 0.200. The molecule has 0 fully saturated rings. The van der Waals surface area contributed by atoms with Crippen molar-refractivity contribution in [3.05, 3.63) is 56.7 Å². The molecule has 0 spiro atoms. The van der Waals surface area contributed by atoms with Crippen LogP contribution in [-0.4, -0.2) is 34.5 Å². The molecule has 0 saturated carbocycles. The van der Waals surface area contributed by atoms with Crippen molar-refractivity contribution < 1.29 is 19.1 Å². The Labute approximate surface area is 135 Å². The highest BCUT2D eigenvalue weighted by atomic mass is 16.6. The number of nitrogens with one attached hydrogen (secondary N) is 1. The number of nitrogens with two attached hydrogens (primary N) is 1. The zero-order chi connectivity index (χ0) is 17.7. The van der Waals surface area contributed by atoms with Gasteiger partial charge in [0.2, 0.25) is 5.78 Å². The SMILES string of the molecule is Cn1c(N)c(C(=O)COC(=O)COc2ccccc2)c(=O)[nH]c1=O. The number of Topliss-reactive ketones (excluding diaryl/α,β-unsaturated/α-hetero) is 1. The molecule has 9 nitrogen and oxygen atoms in total. The summed E-state index contributed by atoms with van der Waals surface area (Å²) in [5, 5.41) is 0. The van der Waals surface area contributed by atoms with E-state index >= 15 is 0 Å². The zero-order valence-electron chi connectivity index (χ0n) is 12.8. The summed E-state index contributed by atoms with van der Waals surface area (Å²) in [6, 6.07) is 8.57. The molecule has 1 aromatic heterocycles. The van der Waals surface area contributed by atoms with Gasteiger partial charge in [0, 0.05) is 7.05 Å². The van der Waals surface area contributed by atoms with Gasteiger partial charge in [0.15, 0.2) is 13.2 Å². The number of rotatable bonds is 6. The van der Waals surface area contributed by atoms with E-state index in [4.69, 9.17) is 15.2 Å². The van der Waals surface area contributed by atoms with E-state index in [0.717, 1.165) is 4.57 Å². The summed E-state index contributed by atoms with van der Waals surface area (Å²) in [6.45, 7) is -1.08. The van der Waals surface area contributed by atoms with Crippen molar-refractivity contribution in [2.24, 2.45) is 7.05 Å². The third-order valence-electron chi connectivity index (χ3n) is 3.11. The van der Waals surface area contributed by atoms with Gasteiger partial charge in [-0.1, -0.05) is 18.2 Å². The quantitative estimate of drug-likeness (QED) is 0.535. The second-order valence-corrected chi connectivity index (χ2v) is 4.76. The number of benzene rings is 1. The second kappa shape index (κ2) is 7.27. The summed E-state index contributed by atoms with van der Waals surface area (Å²) >= 11 is 0. The van der Waals surface area contributed by atoms with Crippen LogP contribution >= 0.6 is 0 Å². The highest BCUT2D eigenvalue weighted by Crippen LogP contribution is 2.08. The maximum atomic E-state index is 12.0. The molecule has 0 aliphatic rings. The summed E-state index contributed by atoms with van der Waals surface area (Å²) in [6.07, 6.45) is 0. The number of aromatic nitrogens is 2.